The third-order valence-corrected chi connectivity index (χ3v) is 9.42. The van der Waals surface area contributed by atoms with Gasteiger partial charge in [0, 0.05) is 40.0 Å². The van der Waals surface area contributed by atoms with Crippen molar-refractivity contribution in [3.63, 3.8) is 0 Å². The monoisotopic (exact) mass is 661 g/mol. The van der Waals surface area contributed by atoms with E-state index in [-0.39, 0.29) is 23.3 Å². The topological polar surface area (TPSA) is 55.4 Å². The summed E-state index contributed by atoms with van der Waals surface area (Å²) in [5.41, 5.74) is 1.47. The van der Waals surface area contributed by atoms with Crippen LogP contribution in [-0.2, 0) is 18.4 Å². The Kier molecular flexibility index (Phi) is 10.3. The van der Waals surface area contributed by atoms with Crippen LogP contribution in [0.4, 0.5) is 8.78 Å². The number of methoxy groups -OCH3 is 1. The number of carbonyl (C=O) groups excluding carboxylic acids is 2. The van der Waals surface area contributed by atoms with Crippen molar-refractivity contribution in [3.8, 4) is 5.75 Å². The van der Waals surface area contributed by atoms with Gasteiger partial charge in [-0.1, -0.05) is 97.2 Å². The molecule has 0 saturated carbocycles. The minimum atomic E-state index is -3.02. The molecular formula is C34H39BrClF2NO3. The van der Waals surface area contributed by atoms with E-state index in [0.29, 0.717) is 38.9 Å². The molecule has 0 radical (unpaired) electrons. The fourth-order valence-electron chi connectivity index (χ4n) is 5.26. The smallest absolute Gasteiger partial charge is 0.255 e. The van der Waals surface area contributed by atoms with Gasteiger partial charge in [-0.2, -0.15) is 0 Å². The standard InChI is InChI=1S/C34H39BrClF2NO3/c1-20-12-14-22(15-13-20)29(40)21(2)16-23-10-9-11-25(30(23)42-8)31(41)39-19-26-27(35)17-24(18-28(26)36)33(6,32(3,4)5)34(7,37)38/h9-15,17-18,21H,16,19H2,1-8H3,(H,39,41). The van der Waals surface area contributed by atoms with Gasteiger partial charge in [0.2, 0.25) is 0 Å². The van der Waals surface area contributed by atoms with Crippen molar-refractivity contribution in [2.75, 3.05) is 7.11 Å². The lowest BCUT2D eigenvalue weighted by atomic mass is 9.60. The van der Waals surface area contributed by atoms with E-state index in [4.69, 9.17) is 16.3 Å². The van der Waals surface area contributed by atoms with E-state index >= 15 is 0 Å². The quantitative estimate of drug-likeness (QED) is 0.220. The first-order valence-electron chi connectivity index (χ1n) is 13.8. The van der Waals surface area contributed by atoms with Crippen molar-refractivity contribution < 1.29 is 23.1 Å². The average molecular weight is 663 g/mol. The van der Waals surface area contributed by atoms with Crippen LogP contribution in [0.15, 0.2) is 59.1 Å². The average Bonchev–Trinajstić information content (AvgIpc) is 2.90. The highest BCUT2D eigenvalue weighted by molar-refractivity contribution is 9.10. The number of nitrogens with one attached hydrogen (secondary N) is 1. The van der Waals surface area contributed by atoms with Gasteiger partial charge in [0.05, 0.1) is 18.1 Å². The van der Waals surface area contributed by atoms with E-state index in [1.807, 2.05) is 44.2 Å². The fourth-order valence-corrected chi connectivity index (χ4v) is 6.26. The number of aryl methyl sites for hydroxylation is 1. The molecule has 2 atom stereocenters. The van der Waals surface area contributed by atoms with E-state index < -0.39 is 22.7 Å². The zero-order valence-corrected chi connectivity index (χ0v) is 27.8. The number of alkyl halides is 2. The molecular weight excluding hydrogens is 624 g/mol. The molecule has 0 aliphatic heterocycles. The summed E-state index contributed by atoms with van der Waals surface area (Å²) in [5.74, 6) is -3.34. The van der Waals surface area contributed by atoms with Gasteiger partial charge < -0.3 is 10.1 Å². The number of ether oxygens (including phenoxy) is 1. The summed E-state index contributed by atoms with van der Waals surface area (Å²) in [7, 11) is 1.49. The Morgan fingerprint density at radius 1 is 1.02 bits per heavy atom. The van der Waals surface area contributed by atoms with E-state index in [9.17, 15) is 18.4 Å². The Balaban J connectivity index is 1.83. The Bertz CT molecular complexity index is 1420. The molecule has 3 aromatic carbocycles. The van der Waals surface area contributed by atoms with Crippen LogP contribution in [-0.4, -0.2) is 24.7 Å². The summed E-state index contributed by atoms with van der Waals surface area (Å²) in [6.07, 6.45) is 0.393. The Morgan fingerprint density at radius 2 is 1.64 bits per heavy atom. The fraction of sp³-hybridized carbons (Fsp3) is 0.412. The zero-order chi connectivity index (χ0) is 31.6. The van der Waals surface area contributed by atoms with Gasteiger partial charge >= 0.3 is 0 Å². The Morgan fingerprint density at radius 3 is 2.17 bits per heavy atom. The van der Waals surface area contributed by atoms with Crippen LogP contribution in [0.2, 0.25) is 5.02 Å². The van der Waals surface area contributed by atoms with E-state index in [0.717, 1.165) is 18.1 Å². The molecule has 3 aromatic rings. The predicted molar refractivity (Wildman–Crippen MR) is 169 cm³/mol. The molecule has 3 rings (SSSR count). The highest BCUT2D eigenvalue weighted by Crippen LogP contribution is 2.52. The maximum absolute atomic E-state index is 14.9. The van der Waals surface area contributed by atoms with E-state index in [1.54, 1.807) is 52.0 Å². The molecule has 1 N–H and O–H groups in total. The third kappa shape index (κ3) is 6.89. The summed E-state index contributed by atoms with van der Waals surface area (Å²) in [4.78, 5) is 26.3. The van der Waals surface area contributed by atoms with Crippen molar-refractivity contribution in [3.05, 3.63) is 97.5 Å². The van der Waals surface area contributed by atoms with Crippen LogP contribution in [0.3, 0.4) is 0 Å². The molecule has 0 aliphatic carbocycles. The number of rotatable bonds is 10. The molecule has 0 aromatic heterocycles. The van der Waals surface area contributed by atoms with Gasteiger partial charge in [-0.3, -0.25) is 9.59 Å². The molecule has 0 fully saturated rings. The molecule has 4 nitrogen and oxygen atoms in total. The first kappa shape index (κ1) is 33.7. The number of hydrogen-bond acceptors (Lipinski definition) is 3. The lowest BCUT2D eigenvalue weighted by Gasteiger charge is -2.46. The summed E-state index contributed by atoms with van der Waals surface area (Å²) in [5, 5.41) is 3.14. The molecule has 2 unspecified atom stereocenters. The third-order valence-electron chi connectivity index (χ3n) is 8.38. The highest BCUT2D eigenvalue weighted by atomic mass is 79.9. The molecule has 0 heterocycles. The minimum Gasteiger partial charge on any atom is -0.496 e. The van der Waals surface area contributed by atoms with Gasteiger partial charge in [0.1, 0.15) is 5.75 Å². The minimum absolute atomic E-state index is 0.0123. The molecule has 42 heavy (non-hydrogen) atoms. The molecule has 226 valence electrons. The number of benzene rings is 3. The van der Waals surface area contributed by atoms with E-state index in [1.165, 1.54) is 7.11 Å². The number of halogens is 4. The van der Waals surface area contributed by atoms with Gasteiger partial charge in [-0.25, -0.2) is 8.78 Å². The van der Waals surface area contributed by atoms with Gasteiger partial charge in [0.25, 0.3) is 11.8 Å². The predicted octanol–water partition coefficient (Wildman–Crippen LogP) is 9.37. The largest absolute Gasteiger partial charge is 0.496 e. The summed E-state index contributed by atoms with van der Waals surface area (Å²) in [6, 6.07) is 15.9. The second-order valence-electron chi connectivity index (χ2n) is 12.2. The maximum Gasteiger partial charge on any atom is 0.255 e. The molecule has 0 aliphatic rings. The second kappa shape index (κ2) is 12.8. The summed E-state index contributed by atoms with van der Waals surface area (Å²) in [6.45, 7) is 11.7. The van der Waals surface area contributed by atoms with Crippen LogP contribution in [0.25, 0.3) is 0 Å². The molecule has 1 amide bonds. The van der Waals surface area contributed by atoms with Crippen molar-refractivity contribution in [2.45, 2.75) is 72.8 Å². The molecule has 0 saturated heterocycles. The van der Waals surface area contributed by atoms with Crippen molar-refractivity contribution in [2.24, 2.45) is 11.3 Å². The number of amides is 1. The molecule has 8 heteroatoms. The van der Waals surface area contributed by atoms with Gasteiger partial charge in [-0.05, 0) is 55.0 Å². The number of Topliss-reactive ketones (excluding diaryl/α,β-unsaturated/α-hetero) is 1. The van der Waals surface area contributed by atoms with Crippen LogP contribution in [0.1, 0.15) is 84.5 Å². The van der Waals surface area contributed by atoms with Crippen LogP contribution >= 0.6 is 27.5 Å². The Labute approximate surface area is 261 Å². The SMILES string of the molecule is COc1c(CC(C)C(=O)c2ccc(C)cc2)cccc1C(=O)NCc1c(Cl)cc(C(C)(C(C)(C)C)C(C)(F)F)cc1Br. The van der Waals surface area contributed by atoms with Crippen LogP contribution in [0, 0.1) is 18.3 Å². The highest BCUT2D eigenvalue weighted by Gasteiger charge is 2.55. The molecule has 0 spiro atoms. The van der Waals surface area contributed by atoms with Crippen molar-refractivity contribution in [1.82, 2.24) is 5.32 Å². The number of ketones is 1. The number of hydrogen-bond donors (Lipinski definition) is 1. The number of para-hydroxylation sites is 1. The van der Waals surface area contributed by atoms with Crippen molar-refractivity contribution >= 4 is 39.2 Å². The normalized spacial score (nSPS) is 14.2. The first-order valence-corrected chi connectivity index (χ1v) is 15.0. The molecule has 0 bridgehead atoms. The number of carbonyl (C=O) groups is 2. The maximum atomic E-state index is 14.9. The Hall–Kier alpha value is -2.77. The second-order valence-corrected chi connectivity index (χ2v) is 13.5. The van der Waals surface area contributed by atoms with E-state index in [2.05, 4.69) is 21.2 Å². The lowest BCUT2D eigenvalue weighted by molar-refractivity contribution is -0.0998. The van der Waals surface area contributed by atoms with Crippen molar-refractivity contribution in [1.29, 1.82) is 0 Å². The first-order chi connectivity index (χ1) is 19.4. The van der Waals surface area contributed by atoms with Gasteiger partial charge in [0.15, 0.2) is 5.78 Å². The lowest BCUT2D eigenvalue weighted by Crippen LogP contribution is -2.50. The summed E-state index contributed by atoms with van der Waals surface area (Å²) < 4.78 is 36.0. The zero-order valence-electron chi connectivity index (χ0n) is 25.4. The van der Waals surface area contributed by atoms with Gasteiger partial charge in [-0.15, -0.1) is 0 Å². The summed E-state index contributed by atoms with van der Waals surface area (Å²) >= 11 is 10.1. The van der Waals surface area contributed by atoms with Crippen LogP contribution in [0.5, 0.6) is 5.75 Å². The van der Waals surface area contributed by atoms with Crippen LogP contribution < -0.4 is 10.1 Å².